The molecule has 1 aromatic rings. The first-order valence-corrected chi connectivity index (χ1v) is 10.6. The van der Waals surface area contributed by atoms with E-state index >= 15 is 0 Å². The van der Waals surface area contributed by atoms with Gasteiger partial charge in [0.05, 0.1) is 12.4 Å². The van der Waals surface area contributed by atoms with Crippen LogP contribution in [0.2, 0.25) is 0 Å². The van der Waals surface area contributed by atoms with Crippen molar-refractivity contribution in [2.75, 3.05) is 39.1 Å². The van der Waals surface area contributed by atoms with Gasteiger partial charge in [-0.05, 0) is 17.9 Å². The van der Waals surface area contributed by atoms with Gasteiger partial charge >= 0.3 is 0 Å². The molecule has 1 rings (SSSR count). The van der Waals surface area contributed by atoms with Crippen LogP contribution in [0.15, 0.2) is 35.3 Å². The number of sulfonamides is 1. The van der Waals surface area contributed by atoms with Crippen molar-refractivity contribution >= 4 is 40.0 Å². The lowest BCUT2D eigenvalue weighted by Gasteiger charge is -2.13. The summed E-state index contributed by atoms with van der Waals surface area (Å²) >= 11 is 0. The lowest BCUT2D eigenvalue weighted by molar-refractivity contribution is 0.128. The molecule has 0 atom stereocenters. The van der Waals surface area contributed by atoms with Gasteiger partial charge in [-0.3, -0.25) is 4.99 Å². The molecule has 1 aromatic carbocycles. The van der Waals surface area contributed by atoms with Gasteiger partial charge in [-0.2, -0.15) is 0 Å². The molecule has 156 valence electrons. The lowest BCUT2D eigenvalue weighted by Crippen LogP contribution is -2.42. The third-order valence-corrected chi connectivity index (χ3v) is 4.93. The topological polar surface area (TPSA) is 91.8 Å². The van der Waals surface area contributed by atoms with E-state index in [1.807, 2.05) is 30.3 Å². The van der Waals surface area contributed by atoms with Gasteiger partial charge in [0.1, 0.15) is 0 Å². The molecule has 0 aliphatic heterocycles. The third kappa shape index (κ3) is 13.8. The smallest absolute Gasteiger partial charge is 0.213 e. The molecule has 0 aliphatic carbocycles. The Hall–Kier alpha value is -0.910. The highest BCUT2D eigenvalue weighted by atomic mass is 127. The van der Waals surface area contributed by atoms with Crippen molar-refractivity contribution in [3.63, 3.8) is 0 Å². The second kappa shape index (κ2) is 15.1. The molecular formula is C18H33IN4O3S. The van der Waals surface area contributed by atoms with Gasteiger partial charge in [-0.25, -0.2) is 13.1 Å². The summed E-state index contributed by atoms with van der Waals surface area (Å²) in [5.41, 5.74) is 0.930. The summed E-state index contributed by atoms with van der Waals surface area (Å²) in [5.74, 6) is 1.18. The molecule has 9 heteroatoms. The molecule has 0 saturated heterocycles. The molecule has 0 saturated carbocycles. The quantitative estimate of drug-likeness (QED) is 0.172. The van der Waals surface area contributed by atoms with E-state index in [2.05, 4.69) is 34.2 Å². The highest BCUT2D eigenvalue weighted by Crippen LogP contribution is 1.99. The highest BCUT2D eigenvalue weighted by molar-refractivity contribution is 14.0. The number of nitrogens with one attached hydrogen (secondary N) is 3. The fourth-order valence-corrected chi connectivity index (χ4v) is 2.95. The molecule has 0 radical (unpaired) electrons. The molecule has 0 fully saturated rings. The number of ether oxygens (including phenoxy) is 1. The highest BCUT2D eigenvalue weighted by Gasteiger charge is 2.10. The van der Waals surface area contributed by atoms with Gasteiger partial charge in [0.25, 0.3) is 0 Å². The first-order valence-electron chi connectivity index (χ1n) is 8.96. The van der Waals surface area contributed by atoms with Crippen LogP contribution >= 0.6 is 24.0 Å². The standard InChI is InChI=1S/C18H32N4O3S.HI/c1-16(2)9-12-25-13-10-20-18(19-3)21-11-14-26(23,24)22-15-17-7-5-4-6-8-17;/h4-8,16,22H,9-15H2,1-3H3,(H2,19,20,21);1H. The van der Waals surface area contributed by atoms with Gasteiger partial charge in [0.2, 0.25) is 10.0 Å². The molecule has 3 N–H and O–H groups in total. The van der Waals surface area contributed by atoms with Crippen LogP contribution in [0.5, 0.6) is 0 Å². The van der Waals surface area contributed by atoms with E-state index in [4.69, 9.17) is 4.74 Å². The van der Waals surface area contributed by atoms with Gasteiger partial charge in [0.15, 0.2) is 5.96 Å². The number of nitrogens with zero attached hydrogens (tertiary/aromatic N) is 1. The Bertz CT molecular complexity index is 625. The Kier molecular flexibility index (Phi) is 14.6. The van der Waals surface area contributed by atoms with Crippen molar-refractivity contribution < 1.29 is 13.2 Å². The van der Waals surface area contributed by atoms with Crippen LogP contribution in [0.25, 0.3) is 0 Å². The van der Waals surface area contributed by atoms with Gasteiger partial charge < -0.3 is 15.4 Å². The number of halogens is 1. The first kappa shape index (κ1) is 26.1. The zero-order chi connectivity index (χ0) is 19.3. The van der Waals surface area contributed by atoms with E-state index in [0.717, 1.165) is 18.6 Å². The minimum absolute atomic E-state index is 0. The average Bonchev–Trinajstić information content (AvgIpc) is 2.62. The summed E-state index contributed by atoms with van der Waals surface area (Å²) in [4.78, 5) is 4.07. The molecular weight excluding hydrogens is 479 g/mol. The second-order valence-electron chi connectivity index (χ2n) is 6.35. The van der Waals surface area contributed by atoms with E-state index in [0.29, 0.717) is 31.6 Å². The number of guanidine groups is 1. The maximum atomic E-state index is 12.0. The molecule has 0 aromatic heterocycles. The molecule has 7 nitrogen and oxygen atoms in total. The minimum Gasteiger partial charge on any atom is -0.380 e. The van der Waals surface area contributed by atoms with Gasteiger partial charge in [-0.1, -0.05) is 44.2 Å². The fraction of sp³-hybridized carbons (Fsp3) is 0.611. The Labute approximate surface area is 180 Å². The third-order valence-electron chi connectivity index (χ3n) is 3.60. The molecule has 0 amide bonds. The van der Waals surface area contributed by atoms with Crippen molar-refractivity contribution in [2.45, 2.75) is 26.8 Å². The van der Waals surface area contributed by atoms with Crippen LogP contribution < -0.4 is 15.4 Å². The van der Waals surface area contributed by atoms with Crippen molar-refractivity contribution in [2.24, 2.45) is 10.9 Å². The lowest BCUT2D eigenvalue weighted by atomic mass is 10.1. The summed E-state index contributed by atoms with van der Waals surface area (Å²) in [6.07, 6.45) is 1.04. The SMILES string of the molecule is CN=C(NCCOCCC(C)C)NCCS(=O)(=O)NCc1ccccc1.I. The predicted octanol–water partition coefficient (Wildman–Crippen LogP) is 1.95. The Morgan fingerprint density at radius 3 is 2.41 bits per heavy atom. The van der Waals surface area contributed by atoms with Crippen LogP contribution in [0, 0.1) is 5.92 Å². The van der Waals surface area contributed by atoms with Gasteiger partial charge in [-0.15, -0.1) is 24.0 Å². The number of rotatable bonds is 12. The summed E-state index contributed by atoms with van der Waals surface area (Å²) in [6.45, 7) is 6.85. The Morgan fingerprint density at radius 1 is 1.11 bits per heavy atom. The largest absolute Gasteiger partial charge is 0.380 e. The maximum absolute atomic E-state index is 12.0. The molecule has 27 heavy (non-hydrogen) atoms. The zero-order valence-corrected chi connectivity index (χ0v) is 19.5. The van der Waals surface area contributed by atoms with Crippen LogP contribution in [0.4, 0.5) is 0 Å². The van der Waals surface area contributed by atoms with Crippen molar-refractivity contribution in [1.82, 2.24) is 15.4 Å². The molecule has 0 bridgehead atoms. The number of hydrogen-bond donors (Lipinski definition) is 3. The van der Waals surface area contributed by atoms with E-state index in [9.17, 15) is 8.42 Å². The minimum atomic E-state index is -3.34. The summed E-state index contributed by atoms with van der Waals surface area (Å²) in [5, 5.41) is 6.10. The van der Waals surface area contributed by atoms with E-state index in [1.54, 1.807) is 7.05 Å². The van der Waals surface area contributed by atoms with Crippen molar-refractivity contribution in [1.29, 1.82) is 0 Å². The summed E-state index contributed by atoms with van der Waals surface area (Å²) in [7, 11) is -1.69. The second-order valence-corrected chi connectivity index (χ2v) is 8.27. The number of aliphatic imine (C=N–C) groups is 1. The maximum Gasteiger partial charge on any atom is 0.213 e. The van der Waals surface area contributed by atoms with Crippen LogP contribution in [0.3, 0.4) is 0 Å². The average molecular weight is 512 g/mol. The summed E-state index contributed by atoms with van der Waals surface area (Å²) < 4.78 is 32.2. The molecule has 0 unspecified atom stereocenters. The molecule has 0 spiro atoms. The Morgan fingerprint density at radius 2 is 1.78 bits per heavy atom. The number of hydrogen-bond acceptors (Lipinski definition) is 4. The van der Waals surface area contributed by atoms with Crippen LogP contribution in [0.1, 0.15) is 25.8 Å². The predicted molar refractivity (Wildman–Crippen MR) is 122 cm³/mol. The van der Waals surface area contributed by atoms with Crippen molar-refractivity contribution in [3.05, 3.63) is 35.9 Å². The Balaban J connectivity index is 0.00000676. The van der Waals surface area contributed by atoms with Crippen LogP contribution in [-0.4, -0.2) is 53.5 Å². The van der Waals surface area contributed by atoms with Crippen LogP contribution in [-0.2, 0) is 21.3 Å². The van der Waals surface area contributed by atoms with Gasteiger partial charge in [0, 0.05) is 33.3 Å². The van der Waals surface area contributed by atoms with Crippen molar-refractivity contribution in [3.8, 4) is 0 Å². The first-order chi connectivity index (χ1) is 12.4. The zero-order valence-electron chi connectivity index (χ0n) is 16.4. The monoisotopic (exact) mass is 512 g/mol. The van der Waals surface area contributed by atoms with E-state index in [-0.39, 0.29) is 36.3 Å². The molecule has 0 aliphatic rings. The van der Waals surface area contributed by atoms with E-state index < -0.39 is 10.0 Å². The molecule has 0 heterocycles. The number of benzene rings is 1. The summed E-state index contributed by atoms with van der Waals surface area (Å²) in [6, 6.07) is 9.43. The van der Waals surface area contributed by atoms with E-state index in [1.165, 1.54) is 0 Å². The normalized spacial score (nSPS) is 11.9. The fourth-order valence-electron chi connectivity index (χ4n) is 2.05.